The van der Waals surface area contributed by atoms with Crippen molar-refractivity contribution in [2.45, 2.75) is 6.42 Å². The average Bonchev–Trinajstić information content (AvgIpc) is 2.88. The number of benzene rings is 2. The molecule has 124 valence electrons. The molecule has 24 heavy (non-hydrogen) atoms. The average molecular weight is 326 g/mol. The molecule has 1 aromatic heterocycles. The molecular weight excluding hydrogens is 308 g/mol. The second-order valence-corrected chi connectivity index (χ2v) is 5.47. The van der Waals surface area contributed by atoms with Gasteiger partial charge in [-0.1, -0.05) is 12.1 Å². The van der Waals surface area contributed by atoms with E-state index in [4.69, 9.17) is 9.15 Å². The molecule has 6 heteroatoms. The number of aryl methyl sites for hydroxylation is 1. The molecule has 1 N–H and O–H groups in total. The lowest BCUT2D eigenvalue weighted by Gasteiger charge is -2.07. The summed E-state index contributed by atoms with van der Waals surface area (Å²) < 4.78 is 11.7. The molecule has 0 unspecified atom stereocenters. The number of ether oxygens (including phenoxy) is 1. The standard InChI is InChI=1S/C18H18N2O4/c1-20-15-7-6-12(10-16(15)24-18(20)22)8-9-19-17(21)13-4-3-5-14(11-13)23-2/h3-7,10-11H,8-9H2,1-2H3,(H,19,21). The second-order valence-electron chi connectivity index (χ2n) is 5.47. The van der Waals surface area contributed by atoms with Crippen LogP contribution in [0.2, 0.25) is 0 Å². The van der Waals surface area contributed by atoms with E-state index >= 15 is 0 Å². The van der Waals surface area contributed by atoms with Gasteiger partial charge in [-0.15, -0.1) is 0 Å². The van der Waals surface area contributed by atoms with E-state index in [1.807, 2.05) is 18.2 Å². The van der Waals surface area contributed by atoms with Gasteiger partial charge in [-0.05, 0) is 42.3 Å². The first-order chi connectivity index (χ1) is 11.6. The number of nitrogens with one attached hydrogen (secondary N) is 1. The van der Waals surface area contributed by atoms with Crippen molar-refractivity contribution in [1.29, 1.82) is 0 Å². The molecule has 1 heterocycles. The van der Waals surface area contributed by atoms with Crippen LogP contribution >= 0.6 is 0 Å². The maximum Gasteiger partial charge on any atom is 0.419 e. The van der Waals surface area contributed by atoms with Crippen LogP contribution in [0, 0.1) is 0 Å². The highest BCUT2D eigenvalue weighted by molar-refractivity contribution is 5.94. The third-order valence-corrected chi connectivity index (χ3v) is 3.89. The minimum absolute atomic E-state index is 0.152. The number of rotatable bonds is 5. The Kier molecular flexibility index (Phi) is 4.37. The van der Waals surface area contributed by atoms with Gasteiger partial charge in [-0.2, -0.15) is 0 Å². The molecule has 0 atom stereocenters. The highest BCUT2D eigenvalue weighted by Gasteiger charge is 2.08. The van der Waals surface area contributed by atoms with Gasteiger partial charge < -0.3 is 14.5 Å². The molecule has 0 aliphatic heterocycles. The predicted octanol–water partition coefficient (Wildman–Crippen LogP) is 2.11. The van der Waals surface area contributed by atoms with Crippen LogP contribution < -0.4 is 15.8 Å². The summed E-state index contributed by atoms with van der Waals surface area (Å²) in [7, 11) is 3.23. The van der Waals surface area contributed by atoms with Crippen molar-refractivity contribution in [3.05, 3.63) is 64.1 Å². The topological polar surface area (TPSA) is 73.5 Å². The number of carbonyl (C=O) groups is 1. The molecule has 6 nitrogen and oxygen atoms in total. The highest BCUT2D eigenvalue weighted by Crippen LogP contribution is 2.15. The maximum atomic E-state index is 12.1. The molecule has 0 bridgehead atoms. The molecule has 0 saturated carbocycles. The van der Waals surface area contributed by atoms with Crippen LogP contribution in [0.1, 0.15) is 15.9 Å². The van der Waals surface area contributed by atoms with Gasteiger partial charge in [0.2, 0.25) is 0 Å². The molecule has 2 aromatic carbocycles. The Labute approximate surface area is 138 Å². The van der Waals surface area contributed by atoms with Gasteiger partial charge in [0.05, 0.1) is 12.6 Å². The third-order valence-electron chi connectivity index (χ3n) is 3.89. The number of carbonyl (C=O) groups excluding carboxylic acids is 1. The Morgan fingerprint density at radius 3 is 2.88 bits per heavy atom. The summed E-state index contributed by atoms with van der Waals surface area (Å²) in [5.41, 5.74) is 2.85. The molecule has 0 saturated heterocycles. The van der Waals surface area contributed by atoms with Crippen LogP contribution in [0.4, 0.5) is 0 Å². The molecule has 0 aliphatic rings. The number of aromatic nitrogens is 1. The van der Waals surface area contributed by atoms with Crippen LogP contribution in [0.25, 0.3) is 11.1 Å². The van der Waals surface area contributed by atoms with Gasteiger partial charge in [0, 0.05) is 19.2 Å². The zero-order valence-corrected chi connectivity index (χ0v) is 13.5. The van der Waals surface area contributed by atoms with Gasteiger partial charge in [0.1, 0.15) is 5.75 Å². The summed E-state index contributed by atoms with van der Waals surface area (Å²) in [5, 5.41) is 2.87. The van der Waals surface area contributed by atoms with Crippen molar-refractivity contribution in [1.82, 2.24) is 9.88 Å². The number of hydrogen-bond donors (Lipinski definition) is 1. The van der Waals surface area contributed by atoms with Crippen LogP contribution in [0.5, 0.6) is 5.75 Å². The van der Waals surface area contributed by atoms with Gasteiger partial charge >= 0.3 is 5.76 Å². The quantitative estimate of drug-likeness (QED) is 0.779. The van der Waals surface area contributed by atoms with Gasteiger partial charge in [0.25, 0.3) is 5.91 Å². The Morgan fingerprint density at radius 2 is 2.08 bits per heavy atom. The summed E-state index contributed by atoms with van der Waals surface area (Å²) >= 11 is 0. The first-order valence-corrected chi connectivity index (χ1v) is 7.59. The van der Waals surface area contributed by atoms with Crippen LogP contribution in [-0.4, -0.2) is 24.1 Å². The molecule has 0 fully saturated rings. The van der Waals surface area contributed by atoms with Crippen molar-refractivity contribution < 1.29 is 13.9 Å². The first-order valence-electron chi connectivity index (χ1n) is 7.59. The summed E-state index contributed by atoms with van der Waals surface area (Å²) in [6.07, 6.45) is 0.643. The fourth-order valence-electron chi connectivity index (χ4n) is 2.52. The van der Waals surface area contributed by atoms with Gasteiger partial charge in [0.15, 0.2) is 5.58 Å². The SMILES string of the molecule is COc1cccc(C(=O)NCCc2ccc3c(c2)oc(=O)n3C)c1. The van der Waals surface area contributed by atoms with E-state index in [0.29, 0.717) is 29.9 Å². The Bertz CT molecular complexity index is 940. The molecule has 3 aromatic rings. The second kappa shape index (κ2) is 6.62. The number of oxazole rings is 1. The third kappa shape index (κ3) is 3.17. The first kappa shape index (κ1) is 15.9. The minimum Gasteiger partial charge on any atom is -0.497 e. The van der Waals surface area contributed by atoms with Crippen molar-refractivity contribution >= 4 is 17.0 Å². The Morgan fingerprint density at radius 1 is 1.25 bits per heavy atom. The number of methoxy groups -OCH3 is 1. The van der Waals surface area contributed by atoms with E-state index < -0.39 is 0 Å². The number of nitrogens with zero attached hydrogens (tertiary/aromatic N) is 1. The molecule has 0 aliphatic carbocycles. The fraction of sp³-hybridized carbons (Fsp3) is 0.222. The predicted molar refractivity (Wildman–Crippen MR) is 90.5 cm³/mol. The lowest BCUT2D eigenvalue weighted by Crippen LogP contribution is -2.25. The smallest absolute Gasteiger partial charge is 0.419 e. The van der Waals surface area contributed by atoms with Crippen molar-refractivity contribution in [3.63, 3.8) is 0 Å². The van der Waals surface area contributed by atoms with E-state index in [1.54, 1.807) is 38.4 Å². The lowest BCUT2D eigenvalue weighted by atomic mass is 10.1. The Balaban J connectivity index is 1.63. The summed E-state index contributed by atoms with van der Waals surface area (Å²) in [6, 6.07) is 12.6. The lowest BCUT2D eigenvalue weighted by molar-refractivity contribution is 0.0954. The van der Waals surface area contributed by atoms with Gasteiger partial charge in [-0.25, -0.2) is 4.79 Å². The van der Waals surface area contributed by atoms with E-state index in [9.17, 15) is 9.59 Å². The van der Waals surface area contributed by atoms with E-state index in [2.05, 4.69) is 5.32 Å². The number of amides is 1. The molecule has 0 spiro atoms. The zero-order valence-electron chi connectivity index (χ0n) is 13.5. The largest absolute Gasteiger partial charge is 0.497 e. The van der Waals surface area contributed by atoms with E-state index in [0.717, 1.165) is 11.1 Å². The summed E-state index contributed by atoms with van der Waals surface area (Å²) in [4.78, 5) is 23.6. The molecule has 1 amide bonds. The Hall–Kier alpha value is -3.02. The monoisotopic (exact) mass is 326 g/mol. The van der Waals surface area contributed by atoms with Crippen LogP contribution in [0.15, 0.2) is 51.7 Å². The van der Waals surface area contributed by atoms with Crippen molar-refractivity contribution in [3.8, 4) is 5.75 Å². The van der Waals surface area contributed by atoms with Crippen molar-refractivity contribution in [2.75, 3.05) is 13.7 Å². The van der Waals surface area contributed by atoms with E-state index in [-0.39, 0.29) is 11.7 Å². The van der Waals surface area contributed by atoms with Crippen LogP contribution in [0.3, 0.4) is 0 Å². The summed E-state index contributed by atoms with van der Waals surface area (Å²) in [6.45, 7) is 0.485. The molecular formula is C18H18N2O4. The maximum absolute atomic E-state index is 12.1. The number of fused-ring (bicyclic) bond motifs is 1. The normalized spacial score (nSPS) is 10.8. The zero-order chi connectivity index (χ0) is 17.1. The fourth-order valence-corrected chi connectivity index (χ4v) is 2.52. The minimum atomic E-state index is -0.381. The van der Waals surface area contributed by atoms with Crippen LogP contribution in [-0.2, 0) is 13.5 Å². The highest BCUT2D eigenvalue weighted by atomic mass is 16.5. The van der Waals surface area contributed by atoms with Crippen molar-refractivity contribution in [2.24, 2.45) is 7.05 Å². The van der Waals surface area contributed by atoms with E-state index in [1.165, 1.54) is 4.57 Å². The number of hydrogen-bond acceptors (Lipinski definition) is 4. The molecule has 0 radical (unpaired) electrons. The van der Waals surface area contributed by atoms with Gasteiger partial charge in [-0.3, -0.25) is 9.36 Å². The molecule has 3 rings (SSSR count). The summed E-state index contributed by atoms with van der Waals surface area (Å²) in [5.74, 6) is 0.113.